The molecule has 108 valence electrons. The minimum atomic E-state index is -0.761. The molecule has 1 heterocycles. The molecule has 2 unspecified atom stereocenters. The molecule has 1 aliphatic heterocycles. The summed E-state index contributed by atoms with van der Waals surface area (Å²) < 4.78 is 0. The minimum absolute atomic E-state index is 0.0867. The van der Waals surface area contributed by atoms with Gasteiger partial charge >= 0.3 is 0 Å². The van der Waals surface area contributed by atoms with Gasteiger partial charge in [-0.1, -0.05) is 60.7 Å². The Morgan fingerprint density at radius 1 is 1.10 bits per heavy atom. The number of nitrogens with two attached hydrogens (primary N) is 1. The first-order valence-corrected chi connectivity index (χ1v) is 7.29. The summed E-state index contributed by atoms with van der Waals surface area (Å²) in [6.45, 7) is 0.859. The fourth-order valence-electron chi connectivity index (χ4n) is 3.68. The first-order chi connectivity index (χ1) is 10.2. The van der Waals surface area contributed by atoms with Crippen molar-refractivity contribution in [2.75, 3.05) is 13.6 Å². The molecule has 1 fully saturated rings. The molecule has 1 saturated heterocycles. The normalized spacial score (nSPS) is 25.9. The van der Waals surface area contributed by atoms with Gasteiger partial charge < -0.3 is 5.73 Å². The van der Waals surface area contributed by atoms with Gasteiger partial charge in [0.1, 0.15) is 5.54 Å². The van der Waals surface area contributed by atoms with Gasteiger partial charge in [-0.3, -0.25) is 9.69 Å². The lowest BCUT2D eigenvalue weighted by Crippen LogP contribution is -2.52. The van der Waals surface area contributed by atoms with Crippen molar-refractivity contribution >= 4 is 5.91 Å². The Hall–Kier alpha value is -2.13. The summed E-state index contributed by atoms with van der Waals surface area (Å²) in [5, 5.41) is 0. The highest BCUT2D eigenvalue weighted by Gasteiger charge is 2.53. The fourth-order valence-corrected chi connectivity index (χ4v) is 3.68. The number of nitrogens with zero attached hydrogens (tertiary/aromatic N) is 1. The average Bonchev–Trinajstić information content (AvgIpc) is 2.87. The van der Waals surface area contributed by atoms with Crippen molar-refractivity contribution in [2.24, 2.45) is 5.73 Å². The van der Waals surface area contributed by atoms with E-state index < -0.39 is 5.54 Å². The van der Waals surface area contributed by atoms with Crippen LogP contribution in [0.1, 0.15) is 23.5 Å². The zero-order valence-corrected chi connectivity index (χ0v) is 12.2. The van der Waals surface area contributed by atoms with Gasteiger partial charge in [-0.05, 0) is 31.1 Å². The highest BCUT2D eigenvalue weighted by Crippen LogP contribution is 2.48. The molecule has 1 aliphatic rings. The predicted molar refractivity (Wildman–Crippen MR) is 83.7 cm³/mol. The van der Waals surface area contributed by atoms with E-state index >= 15 is 0 Å². The second-order valence-corrected chi connectivity index (χ2v) is 5.67. The molecule has 3 heteroatoms. The Labute approximate surface area is 125 Å². The van der Waals surface area contributed by atoms with E-state index in [1.54, 1.807) is 0 Å². The molecule has 2 atom stereocenters. The summed E-state index contributed by atoms with van der Waals surface area (Å²) in [6, 6.07) is 20.1. The Morgan fingerprint density at radius 2 is 1.67 bits per heavy atom. The molecule has 3 rings (SSSR count). The van der Waals surface area contributed by atoms with E-state index in [2.05, 4.69) is 17.0 Å². The molecule has 0 radical (unpaired) electrons. The number of primary amides is 1. The van der Waals surface area contributed by atoms with E-state index in [0.717, 1.165) is 18.5 Å². The van der Waals surface area contributed by atoms with Crippen LogP contribution in [0.15, 0.2) is 60.7 Å². The van der Waals surface area contributed by atoms with Gasteiger partial charge in [0.15, 0.2) is 0 Å². The molecule has 0 aliphatic carbocycles. The van der Waals surface area contributed by atoms with Crippen molar-refractivity contribution in [3.05, 3.63) is 71.8 Å². The molecule has 2 aromatic carbocycles. The third-order valence-corrected chi connectivity index (χ3v) is 4.65. The van der Waals surface area contributed by atoms with Crippen molar-refractivity contribution in [1.82, 2.24) is 4.90 Å². The molecule has 0 saturated carbocycles. The Bertz CT molecular complexity index is 626. The molecule has 21 heavy (non-hydrogen) atoms. The van der Waals surface area contributed by atoms with E-state index in [9.17, 15) is 4.79 Å². The van der Waals surface area contributed by atoms with Crippen molar-refractivity contribution in [1.29, 1.82) is 0 Å². The lowest BCUT2D eigenvalue weighted by atomic mass is 9.74. The topological polar surface area (TPSA) is 46.3 Å². The van der Waals surface area contributed by atoms with Crippen molar-refractivity contribution in [3.8, 4) is 0 Å². The number of carbonyl (C=O) groups is 1. The van der Waals surface area contributed by atoms with Gasteiger partial charge in [-0.2, -0.15) is 0 Å². The van der Waals surface area contributed by atoms with Gasteiger partial charge in [0.25, 0.3) is 0 Å². The average molecular weight is 280 g/mol. The number of carbonyl (C=O) groups excluding carboxylic acids is 1. The van der Waals surface area contributed by atoms with E-state index in [0.29, 0.717) is 0 Å². The van der Waals surface area contributed by atoms with Crippen molar-refractivity contribution in [3.63, 3.8) is 0 Å². The number of hydrogen-bond donors (Lipinski definition) is 1. The third-order valence-electron chi connectivity index (χ3n) is 4.65. The van der Waals surface area contributed by atoms with Crippen LogP contribution in [0.2, 0.25) is 0 Å². The summed E-state index contributed by atoms with van der Waals surface area (Å²) in [4.78, 5) is 14.6. The molecule has 2 N–H and O–H groups in total. The largest absolute Gasteiger partial charge is 0.368 e. The number of amides is 1. The number of benzene rings is 2. The molecular formula is C18H20N2O. The maximum Gasteiger partial charge on any atom is 0.243 e. The highest BCUT2D eigenvalue weighted by molar-refractivity contribution is 5.88. The van der Waals surface area contributed by atoms with E-state index in [-0.39, 0.29) is 11.8 Å². The van der Waals surface area contributed by atoms with Crippen LogP contribution < -0.4 is 5.73 Å². The second kappa shape index (κ2) is 5.34. The van der Waals surface area contributed by atoms with E-state index in [1.807, 2.05) is 55.6 Å². The van der Waals surface area contributed by atoms with E-state index in [4.69, 9.17) is 5.73 Å². The third kappa shape index (κ3) is 2.05. The number of likely N-dealkylation sites (N-methyl/N-ethyl adjacent to an activating group) is 1. The maximum absolute atomic E-state index is 12.5. The van der Waals surface area contributed by atoms with Gasteiger partial charge in [0.05, 0.1) is 0 Å². The van der Waals surface area contributed by atoms with Crippen molar-refractivity contribution < 1.29 is 4.79 Å². The Kier molecular flexibility index (Phi) is 3.52. The summed E-state index contributed by atoms with van der Waals surface area (Å²) in [6.07, 6.45) is 0.929. The zero-order chi connectivity index (χ0) is 14.9. The number of likely N-dealkylation sites (tertiary alicyclic amines) is 1. The smallest absolute Gasteiger partial charge is 0.243 e. The quantitative estimate of drug-likeness (QED) is 0.939. The molecule has 0 aromatic heterocycles. The molecule has 3 nitrogen and oxygen atoms in total. The number of hydrogen-bond acceptors (Lipinski definition) is 2. The van der Waals surface area contributed by atoms with Crippen LogP contribution in [-0.4, -0.2) is 24.4 Å². The van der Waals surface area contributed by atoms with E-state index in [1.165, 1.54) is 5.56 Å². The monoisotopic (exact) mass is 280 g/mol. The standard InChI is InChI=1S/C18H20N2O/c1-20-13-12-16(14-8-4-2-5-9-14)18(20,17(19)21)15-10-6-3-7-11-15/h2-11,16H,12-13H2,1H3,(H2,19,21). The minimum Gasteiger partial charge on any atom is -0.368 e. The van der Waals surface area contributed by atoms with Crippen LogP contribution in [0.25, 0.3) is 0 Å². The van der Waals surface area contributed by atoms with Gasteiger partial charge in [0.2, 0.25) is 5.91 Å². The second-order valence-electron chi connectivity index (χ2n) is 5.67. The molecular weight excluding hydrogens is 260 g/mol. The van der Waals surface area contributed by atoms with Crippen LogP contribution >= 0.6 is 0 Å². The van der Waals surface area contributed by atoms with Gasteiger partial charge in [-0.15, -0.1) is 0 Å². The predicted octanol–water partition coefficient (Wildman–Crippen LogP) is 2.49. The lowest BCUT2D eigenvalue weighted by molar-refractivity contribution is -0.129. The first kappa shape index (κ1) is 13.8. The molecule has 0 bridgehead atoms. The maximum atomic E-state index is 12.5. The SMILES string of the molecule is CN1CCC(c2ccccc2)C1(C(N)=O)c1ccccc1. The highest BCUT2D eigenvalue weighted by atomic mass is 16.1. The van der Waals surface area contributed by atoms with Crippen molar-refractivity contribution in [2.45, 2.75) is 17.9 Å². The molecule has 2 aromatic rings. The van der Waals surface area contributed by atoms with Crippen LogP contribution in [-0.2, 0) is 10.3 Å². The molecule has 1 amide bonds. The van der Waals surface area contributed by atoms with Crippen LogP contribution in [0, 0.1) is 0 Å². The summed E-state index contributed by atoms with van der Waals surface area (Å²) >= 11 is 0. The Balaban J connectivity index is 2.18. The van der Waals surface area contributed by atoms with Crippen LogP contribution in [0.3, 0.4) is 0 Å². The summed E-state index contributed by atoms with van der Waals surface area (Å²) in [5.41, 5.74) is 7.29. The van der Waals surface area contributed by atoms with Crippen LogP contribution in [0.4, 0.5) is 0 Å². The fraction of sp³-hybridized carbons (Fsp3) is 0.278. The molecule has 0 spiro atoms. The first-order valence-electron chi connectivity index (χ1n) is 7.29. The summed E-state index contributed by atoms with van der Waals surface area (Å²) in [5.74, 6) is -0.189. The number of rotatable bonds is 3. The Morgan fingerprint density at radius 3 is 2.24 bits per heavy atom. The van der Waals surface area contributed by atoms with Gasteiger partial charge in [0, 0.05) is 5.92 Å². The van der Waals surface area contributed by atoms with Gasteiger partial charge in [-0.25, -0.2) is 0 Å². The zero-order valence-electron chi connectivity index (χ0n) is 12.2. The lowest BCUT2D eigenvalue weighted by Gasteiger charge is -2.38. The van der Waals surface area contributed by atoms with Crippen LogP contribution in [0.5, 0.6) is 0 Å². The summed E-state index contributed by atoms with van der Waals surface area (Å²) in [7, 11) is 1.99.